The van der Waals surface area contributed by atoms with Gasteiger partial charge in [0.25, 0.3) is 5.91 Å². The third kappa shape index (κ3) is 3.98. The van der Waals surface area contributed by atoms with Crippen molar-refractivity contribution in [1.82, 2.24) is 4.90 Å². The van der Waals surface area contributed by atoms with Gasteiger partial charge < -0.3 is 9.64 Å². The predicted octanol–water partition coefficient (Wildman–Crippen LogP) is 3.52. The van der Waals surface area contributed by atoms with E-state index in [-0.39, 0.29) is 17.8 Å². The van der Waals surface area contributed by atoms with Crippen molar-refractivity contribution in [3.05, 3.63) is 33.3 Å². The fourth-order valence-corrected chi connectivity index (χ4v) is 3.20. The number of esters is 1. The molecule has 0 spiro atoms. The van der Waals surface area contributed by atoms with Gasteiger partial charge in [-0.05, 0) is 38.0 Å². The van der Waals surface area contributed by atoms with Crippen molar-refractivity contribution in [2.75, 3.05) is 19.7 Å². The first kappa shape index (κ1) is 16.3. The Morgan fingerprint density at radius 1 is 1.48 bits per heavy atom. The minimum Gasteiger partial charge on any atom is -0.466 e. The minimum atomic E-state index is -0.239. The maximum Gasteiger partial charge on any atom is 0.310 e. The maximum atomic E-state index is 12.5. The fraction of sp³-hybridized carbons (Fsp3) is 0.467. The van der Waals surface area contributed by atoms with E-state index in [1.54, 1.807) is 30.0 Å². The maximum absolute atomic E-state index is 12.5. The van der Waals surface area contributed by atoms with Crippen LogP contribution < -0.4 is 0 Å². The van der Waals surface area contributed by atoms with Crippen LogP contribution in [0.3, 0.4) is 0 Å². The average Bonchev–Trinajstić information content (AvgIpc) is 2.47. The Hall–Kier alpha value is -1.07. The predicted molar refractivity (Wildman–Crippen MR) is 84.4 cm³/mol. The highest BCUT2D eigenvalue weighted by Gasteiger charge is 2.30. The zero-order valence-electron chi connectivity index (χ0n) is 11.8. The smallest absolute Gasteiger partial charge is 0.310 e. The van der Waals surface area contributed by atoms with E-state index in [1.807, 2.05) is 0 Å². The molecule has 6 heteroatoms. The number of nitrogens with zero attached hydrogens (tertiary/aromatic N) is 1. The van der Waals surface area contributed by atoms with Gasteiger partial charge >= 0.3 is 5.97 Å². The molecule has 0 unspecified atom stereocenters. The minimum absolute atomic E-state index is 0.138. The third-order valence-electron chi connectivity index (χ3n) is 3.49. The highest BCUT2D eigenvalue weighted by atomic mass is 79.9. The summed E-state index contributed by atoms with van der Waals surface area (Å²) < 4.78 is 5.87. The molecule has 0 aliphatic carbocycles. The summed E-state index contributed by atoms with van der Waals surface area (Å²) in [5.41, 5.74) is 0.462. The van der Waals surface area contributed by atoms with E-state index in [0.29, 0.717) is 30.3 Å². The summed E-state index contributed by atoms with van der Waals surface area (Å²) in [6.45, 7) is 3.18. The van der Waals surface area contributed by atoms with Gasteiger partial charge in [-0.3, -0.25) is 9.59 Å². The Balaban J connectivity index is 2.10. The normalized spacial score (nSPS) is 18.4. The number of piperidine rings is 1. The molecule has 1 aliphatic rings. The largest absolute Gasteiger partial charge is 0.466 e. The second-order valence-electron chi connectivity index (χ2n) is 4.97. The van der Waals surface area contributed by atoms with Crippen molar-refractivity contribution in [3.8, 4) is 0 Å². The van der Waals surface area contributed by atoms with Crippen molar-refractivity contribution in [1.29, 1.82) is 0 Å². The van der Waals surface area contributed by atoms with Crippen molar-refractivity contribution in [3.63, 3.8) is 0 Å². The lowest BCUT2D eigenvalue weighted by Crippen LogP contribution is -2.42. The lowest BCUT2D eigenvalue weighted by Gasteiger charge is -2.31. The van der Waals surface area contributed by atoms with Crippen molar-refractivity contribution < 1.29 is 14.3 Å². The molecule has 1 atom stereocenters. The van der Waals surface area contributed by atoms with Crippen molar-refractivity contribution in [2.24, 2.45) is 5.92 Å². The van der Waals surface area contributed by atoms with E-state index < -0.39 is 0 Å². The molecule has 0 aromatic heterocycles. The summed E-state index contributed by atoms with van der Waals surface area (Å²) in [7, 11) is 0. The molecule has 0 bridgehead atoms. The molecule has 4 nitrogen and oxygen atoms in total. The second-order valence-corrected chi connectivity index (χ2v) is 6.29. The molecule has 1 saturated heterocycles. The topological polar surface area (TPSA) is 46.6 Å². The van der Waals surface area contributed by atoms with Gasteiger partial charge in [0.15, 0.2) is 0 Å². The van der Waals surface area contributed by atoms with Crippen LogP contribution in [0.15, 0.2) is 22.7 Å². The molecule has 0 saturated carbocycles. The molecule has 114 valence electrons. The number of benzene rings is 1. The molecular formula is C15H17BrClNO3. The van der Waals surface area contributed by atoms with Gasteiger partial charge in [0.1, 0.15) is 0 Å². The number of amides is 1. The molecule has 2 rings (SSSR count). The van der Waals surface area contributed by atoms with E-state index in [1.165, 1.54) is 0 Å². The Kier molecular flexibility index (Phi) is 5.65. The molecule has 21 heavy (non-hydrogen) atoms. The van der Waals surface area contributed by atoms with Gasteiger partial charge in [0, 0.05) is 17.6 Å². The van der Waals surface area contributed by atoms with Gasteiger partial charge in [0.05, 0.1) is 23.1 Å². The van der Waals surface area contributed by atoms with Crippen molar-refractivity contribution in [2.45, 2.75) is 19.8 Å². The number of rotatable bonds is 3. The first-order valence-electron chi connectivity index (χ1n) is 6.94. The number of ether oxygens (including phenoxy) is 1. The standard InChI is InChI=1S/C15H17BrClNO3/c1-2-21-15(20)10-4-3-7-18(9-10)14(19)12-6-5-11(16)8-13(12)17/h5-6,8,10H,2-4,7,9H2,1H3/t10-/m0/s1. The zero-order valence-corrected chi connectivity index (χ0v) is 14.1. The highest BCUT2D eigenvalue weighted by Crippen LogP contribution is 2.25. The van der Waals surface area contributed by atoms with Crippen LogP contribution in [-0.4, -0.2) is 36.5 Å². The molecule has 1 aliphatic heterocycles. The quantitative estimate of drug-likeness (QED) is 0.761. The van der Waals surface area contributed by atoms with Crippen LogP contribution in [0.1, 0.15) is 30.1 Å². The van der Waals surface area contributed by atoms with Crippen LogP contribution in [0.4, 0.5) is 0 Å². The van der Waals surface area contributed by atoms with Crippen LogP contribution in [0.2, 0.25) is 5.02 Å². The van der Waals surface area contributed by atoms with Crippen LogP contribution in [0.5, 0.6) is 0 Å². The van der Waals surface area contributed by atoms with Crippen molar-refractivity contribution >= 4 is 39.4 Å². The molecular weight excluding hydrogens is 358 g/mol. The number of likely N-dealkylation sites (tertiary alicyclic amines) is 1. The Morgan fingerprint density at radius 3 is 2.90 bits per heavy atom. The lowest BCUT2D eigenvalue weighted by atomic mass is 9.97. The van der Waals surface area contributed by atoms with E-state index in [0.717, 1.165) is 17.3 Å². The zero-order chi connectivity index (χ0) is 15.4. The summed E-state index contributed by atoms with van der Waals surface area (Å²) in [6.07, 6.45) is 1.56. The van der Waals surface area contributed by atoms with Crippen LogP contribution >= 0.6 is 27.5 Å². The molecule has 1 amide bonds. The Bertz CT molecular complexity index is 550. The summed E-state index contributed by atoms with van der Waals surface area (Å²) >= 11 is 9.44. The summed E-state index contributed by atoms with van der Waals surface area (Å²) in [4.78, 5) is 26.0. The average molecular weight is 375 g/mol. The fourth-order valence-electron chi connectivity index (χ4n) is 2.45. The number of hydrogen-bond donors (Lipinski definition) is 0. The summed E-state index contributed by atoms with van der Waals surface area (Å²) in [5, 5.41) is 0.410. The number of hydrogen-bond acceptors (Lipinski definition) is 3. The van der Waals surface area contributed by atoms with E-state index >= 15 is 0 Å². The van der Waals surface area contributed by atoms with Crippen LogP contribution in [-0.2, 0) is 9.53 Å². The molecule has 1 heterocycles. The molecule has 0 radical (unpaired) electrons. The van der Waals surface area contributed by atoms with E-state index in [4.69, 9.17) is 16.3 Å². The monoisotopic (exact) mass is 373 g/mol. The molecule has 1 aromatic rings. The Morgan fingerprint density at radius 2 is 2.24 bits per heavy atom. The number of carbonyl (C=O) groups is 2. The number of carbonyl (C=O) groups excluding carboxylic acids is 2. The van der Waals surface area contributed by atoms with Gasteiger partial charge in [-0.15, -0.1) is 0 Å². The SMILES string of the molecule is CCOC(=O)[C@H]1CCCN(C(=O)c2ccc(Br)cc2Cl)C1. The number of halogens is 2. The Labute approximate surface area is 137 Å². The summed E-state index contributed by atoms with van der Waals surface area (Å²) in [6, 6.07) is 5.18. The molecule has 1 fully saturated rings. The lowest BCUT2D eigenvalue weighted by molar-refractivity contribution is -0.149. The molecule has 1 aromatic carbocycles. The first-order valence-corrected chi connectivity index (χ1v) is 8.11. The third-order valence-corrected chi connectivity index (χ3v) is 4.30. The van der Waals surface area contributed by atoms with E-state index in [2.05, 4.69) is 15.9 Å². The van der Waals surface area contributed by atoms with Gasteiger partial charge in [-0.2, -0.15) is 0 Å². The van der Waals surface area contributed by atoms with Crippen LogP contribution in [0, 0.1) is 5.92 Å². The van der Waals surface area contributed by atoms with E-state index in [9.17, 15) is 9.59 Å². The second kappa shape index (κ2) is 7.27. The first-order chi connectivity index (χ1) is 10.0. The van der Waals surface area contributed by atoms with Crippen LogP contribution in [0.25, 0.3) is 0 Å². The van der Waals surface area contributed by atoms with Gasteiger partial charge in [0.2, 0.25) is 0 Å². The summed E-state index contributed by atoms with van der Waals surface area (Å²) in [5.74, 6) is -0.602. The van der Waals surface area contributed by atoms with Gasteiger partial charge in [-0.1, -0.05) is 27.5 Å². The van der Waals surface area contributed by atoms with Gasteiger partial charge in [-0.25, -0.2) is 0 Å². The molecule has 0 N–H and O–H groups in total. The highest BCUT2D eigenvalue weighted by molar-refractivity contribution is 9.10.